The molecule has 0 aliphatic carbocycles. The van der Waals surface area contributed by atoms with Crippen LogP contribution in [-0.4, -0.2) is 39.6 Å². The van der Waals surface area contributed by atoms with Crippen LogP contribution in [0.3, 0.4) is 0 Å². The lowest BCUT2D eigenvalue weighted by Crippen LogP contribution is -2.46. The van der Waals surface area contributed by atoms with E-state index < -0.39 is 30.3 Å². The summed E-state index contributed by atoms with van der Waals surface area (Å²) >= 11 is 5.86. The van der Waals surface area contributed by atoms with Crippen LogP contribution >= 0.6 is 11.6 Å². The summed E-state index contributed by atoms with van der Waals surface area (Å²) in [6, 6.07) is 14.4. The van der Waals surface area contributed by atoms with Crippen molar-refractivity contribution in [3.05, 3.63) is 70.7 Å². The van der Waals surface area contributed by atoms with Crippen LogP contribution in [0, 0.1) is 17.2 Å². The van der Waals surface area contributed by atoms with Crippen molar-refractivity contribution in [2.24, 2.45) is 5.92 Å². The predicted octanol–water partition coefficient (Wildman–Crippen LogP) is 4.40. The number of aliphatic hydroxyl groups is 1. The van der Waals surface area contributed by atoms with Crippen LogP contribution in [0.5, 0.6) is 0 Å². The molecule has 0 spiro atoms. The maximum atomic E-state index is 12.8. The number of benzene rings is 2. The first-order valence-corrected chi connectivity index (χ1v) is 10.7. The van der Waals surface area contributed by atoms with Gasteiger partial charge in [0.25, 0.3) is 5.91 Å². The fourth-order valence-electron chi connectivity index (χ4n) is 3.12. The van der Waals surface area contributed by atoms with Crippen molar-refractivity contribution in [3.63, 3.8) is 0 Å². The van der Waals surface area contributed by atoms with E-state index in [2.05, 4.69) is 15.3 Å². The Bertz CT molecular complexity index is 1190. The third-order valence-corrected chi connectivity index (χ3v) is 5.49. The Hall–Kier alpha value is -3.83. The van der Waals surface area contributed by atoms with Crippen molar-refractivity contribution >= 4 is 40.1 Å². The molecular weight excluding hydrogens is 444 g/mol. The van der Waals surface area contributed by atoms with E-state index in [0.717, 1.165) is 0 Å². The number of aromatic nitrogens is 2. The number of carbonyl (C=O) groups is 2. The number of allylic oxidation sites excluding steroid dienone is 1. The van der Waals surface area contributed by atoms with Gasteiger partial charge < -0.3 is 20.1 Å². The van der Waals surface area contributed by atoms with Crippen LogP contribution in [0.1, 0.15) is 36.5 Å². The van der Waals surface area contributed by atoms with Crippen molar-refractivity contribution in [1.29, 1.82) is 5.26 Å². The molecule has 0 aliphatic rings. The van der Waals surface area contributed by atoms with Crippen LogP contribution in [0.4, 0.5) is 0 Å². The second-order valence-electron chi connectivity index (χ2n) is 7.49. The second-order valence-corrected chi connectivity index (χ2v) is 7.92. The van der Waals surface area contributed by atoms with Crippen LogP contribution in [-0.2, 0) is 9.53 Å². The SMILES string of the molecule is CCC(C)C(NC(=O)c1ccc(Cl)cc1)C(=O)OCC(O)=C(C#N)c1nc2ccccc2[nH]1. The summed E-state index contributed by atoms with van der Waals surface area (Å²) in [5.41, 5.74) is 1.54. The average molecular weight is 467 g/mol. The van der Waals surface area contributed by atoms with Gasteiger partial charge in [-0.1, -0.05) is 44.0 Å². The van der Waals surface area contributed by atoms with E-state index in [0.29, 0.717) is 28.0 Å². The molecule has 3 N–H and O–H groups in total. The largest absolute Gasteiger partial charge is 0.507 e. The summed E-state index contributed by atoms with van der Waals surface area (Å²) in [5.74, 6) is -1.68. The maximum absolute atomic E-state index is 12.8. The second kappa shape index (κ2) is 10.7. The molecule has 33 heavy (non-hydrogen) atoms. The number of amides is 1. The Morgan fingerprint density at radius 3 is 2.58 bits per heavy atom. The number of imidazole rings is 1. The van der Waals surface area contributed by atoms with Gasteiger partial charge in [-0.2, -0.15) is 5.26 Å². The molecule has 2 aromatic carbocycles. The molecule has 0 aliphatic heterocycles. The van der Waals surface area contributed by atoms with Crippen molar-refractivity contribution in [2.75, 3.05) is 6.61 Å². The molecule has 2 unspecified atom stereocenters. The molecule has 3 rings (SSSR count). The lowest BCUT2D eigenvalue weighted by Gasteiger charge is -2.22. The fraction of sp³-hybridized carbons (Fsp3) is 0.250. The molecule has 170 valence electrons. The van der Waals surface area contributed by atoms with E-state index >= 15 is 0 Å². The van der Waals surface area contributed by atoms with Gasteiger partial charge in [0.1, 0.15) is 24.3 Å². The first-order chi connectivity index (χ1) is 15.8. The number of hydrogen-bond donors (Lipinski definition) is 3. The standard InChI is InChI=1S/C24H23ClN4O4/c1-3-14(2)21(29-23(31)15-8-10-16(25)11-9-15)24(32)33-13-20(30)17(12-26)22-27-18-6-4-5-7-19(18)28-22/h4-11,14,21,30H,3,13H2,1-2H3,(H,27,28)(H,29,31). The topological polar surface area (TPSA) is 128 Å². The van der Waals surface area contributed by atoms with Gasteiger partial charge in [0.2, 0.25) is 0 Å². The van der Waals surface area contributed by atoms with Gasteiger partial charge in [-0.15, -0.1) is 0 Å². The zero-order valence-electron chi connectivity index (χ0n) is 18.1. The highest BCUT2D eigenvalue weighted by molar-refractivity contribution is 6.30. The zero-order valence-corrected chi connectivity index (χ0v) is 18.9. The molecule has 9 heteroatoms. The summed E-state index contributed by atoms with van der Waals surface area (Å²) in [7, 11) is 0. The minimum absolute atomic E-state index is 0.135. The number of nitrogens with one attached hydrogen (secondary N) is 2. The van der Waals surface area contributed by atoms with E-state index in [1.165, 1.54) is 0 Å². The number of esters is 1. The number of para-hydroxylation sites is 2. The number of hydrogen-bond acceptors (Lipinski definition) is 6. The number of H-pyrrole nitrogens is 1. The first-order valence-electron chi connectivity index (χ1n) is 10.3. The van der Waals surface area contributed by atoms with Crippen LogP contribution < -0.4 is 5.32 Å². The van der Waals surface area contributed by atoms with Gasteiger partial charge in [-0.3, -0.25) is 4.79 Å². The van der Waals surface area contributed by atoms with Gasteiger partial charge in [-0.25, -0.2) is 9.78 Å². The fourth-order valence-corrected chi connectivity index (χ4v) is 3.25. The molecule has 1 amide bonds. The minimum atomic E-state index is -0.942. The van der Waals surface area contributed by atoms with E-state index in [-0.39, 0.29) is 17.3 Å². The molecule has 1 heterocycles. The smallest absolute Gasteiger partial charge is 0.329 e. The molecule has 3 aromatic rings. The Morgan fingerprint density at radius 1 is 1.24 bits per heavy atom. The number of fused-ring (bicyclic) bond motifs is 1. The van der Waals surface area contributed by atoms with E-state index in [1.54, 1.807) is 49.4 Å². The van der Waals surface area contributed by atoms with Gasteiger partial charge in [0.15, 0.2) is 11.6 Å². The molecule has 0 saturated heterocycles. The molecule has 2 atom stereocenters. The molecule has 1 aromatic heterocycles. The summed E-state index contributed by atoms with van der Waals surface area (Å²) in [6.07, 6.45) is 0.602. The molecule has 0 fully saturated rings. The Kier molecular flexibility index (Phi) is 7.70. The van der Waals surface area contributed by atoms with Crippen molar-refractivity contribution < 1.29 is 19.4 Å². The van der Waals surface area contributed by atoms with Crippen LogP contribution in [0.2, 0.25) is 5.02 Å². The van der Waals surface area contributed by atoms with E-state index in [4.69, 9.17) is 16.3 Å². The lowest BCUT2D eigenvalue weighted by atomic mass is 9.98. The third-order valence-electron chi connectivity index (χ3n) is 5.24. The highest BCUT2D eigenvalue weighted by Crippen LogP contribution is 2.19. The maximum Gasteiger partial charge on any atom is 0.329 e. The predicted molar refractivity (Wildman–Crippen MR) is 124 cm³/mol. The molecular formula is C24H23ClN4O4. The van der Waals surface area contributed by atoms with Gasteiger partial charge >= 0.3 is 5.97 Å². The number of aromatic amines is 1. The number of nitrogens with zero attached hydrogens (tertiary/aromatic N) is 2. The summed E-state index contributed by atoms with van der Waals surface area (Å²) < 4.78 is 5.25. The average Bonchev–Trinajstić information content (AvgIpc) is 3.25. The van der Waals surface area contributed by atoms with Crippen molar-refractivity contribution in [1.82, 2.24) is 15.3 Å². The van der Waals surface area contributed by atoms with Gasteiger partial charge in [-0.05, 0) is 42.3 Å². The van der Waals surface area contributed by atoms with Gasteiger partial charge in [0, 0.05) is 10.6 Å². The van der Waals surface area contributed by atoms with Crippen molar-refractivity contribution in [3.8, 4) is 6.07 Å². The lowest BCUT2D eigenvalue weighted by molar-refractivity contribution is -0.147. The number of rotatable bonds is 8. The molecule has 8 nitrogen and oxygen atoms in total. The Labute approximate surface area is 195 Å². The molecule has 0 radical (unpaired) electrons. The number of carbonyl (C=O) groups excluding carboxylic acids is 2. The summed E-state index contributed by atoms with van der Waals surface area (Å²) in [6.45, 7) is 3.15. The summed E-state index contributed by atoms with van der Waals surface area (Å²) in [4.78, 5) is 32.6. The number of halogens is 1. The zero-order chi connectivity index (χ0) is 24.0. The van der Waals surface area contributed by atoms with Crippen molar-refractivity contribution in [2.45, 2.75) is 26.3 Å². The molecule has 0 saturated carbocycles. The van der Waals surface area contributed by atoms with Gasteiger partial charge in [0.05, 0.1) is 11.0 Å². The molecule has 0 bridgehead atoms. The first kappa shape index (κ1) is 23.8. The summed E-state index contributed by atoms with van der Waals surface area (Å²) in [5, 5.41) is 23.1. The number of nitriles is 1. The Morgan fingerprint density at radius 2 is 1.94 bits per heavy atom. The number of ether oxygens (including phenoxy) is 1. The number of aliphatic hydroxyl groups excluding tert-OH is 1. The van der Waals surface area contributed by atoms with Crippen LogP contribution in [0.25, 0.3) is 16.6 Å². The van der Waals surface area contributed by atoms with Crippen LogP contribution in [0.15, 0.2) is 54.3 Å². The third kappa shape index (κ3) is 5.70. The highest BCUT2D eigenvalue weighted by Gasteiger charge is 2.28. The minimum Gasteiger partial charge on any atom is -0.507 e. The highest BCUT2D eigenvalue weighted by atomic mass is 35.5. The quantitative estimate of drug-likeness (QED) is 0.256. The van der Waals surface area contributed by atoms with E-state index in [1.807, 2.05) is 19.1 Å². The Balaban J connectivity index is 1.73. The normalized spacial score (nSPS) is 13.5. The monoisotopic (exact) mass is 466 g/mol. The van der Waals surface area contributed by atoms with E-state index in [9.17, 15) is 20.0 Å².